The molecule has 1 saturated heterocycles. The lowest BCUT2D eigenvalue weighted by Crippen LogP contribution is -2.35. The van der Waals surface area contributed by atoms with Gasteiger partial charge in [0.2, 0.25) is 10.0 Å². The minimum Gasteiger partial charge on any atom is -0.493 e. The van der Waals surface area contributed by atoms with Gasteiger partial charge in [-0.05, 0) is 36.4 Å². The zero-order valence-corrected chi connectivity index (χ0v) is 15.5. The van der Waals surface area contributed by atoms with Gasteiger partial charge in [-0.25, -0.2) is 17.2 Å². The molecule has 0 spiro atoms. The van der Waals surface area contributed by atoms with Crippen LogP contribution >= 0.6 is 0 Å². The van der Waals surface area contributed by atoms with E-state index in [4.69, 9.17) is 9.47 Å². The number of rotatable bonds is 4. The molecule has 1 fully saturated rings. The minimum absolute atomic E-state index is 0.111. The van der Waals surface area contributed by atoms with Crippen molar-refractivity contribution in [2.45, 2.75) is 10.9 Å². The van der Waals surface area contributed by atoms with E-state index in [2.05, 4.69) is 0 Å². The molecule has 4 rings (SSSR count). The van der Waals surface area contributed by atoms with Crippen molar-refractivity contribution in [3.63, 3.8) is 0 Å². The van der Waals surface area contributed by atoms with E-state index in [0.29, 0.717) is 24.5 Å². The van der Waals surface area contributed by atoms with Gasteiger partial charge in [0, 0.05) is 31.1 Å². The van der Waals surface area contributed by atoms with Crippen molar-refractivity contribution >= 4 is 10.0 Å². The molecule has 0 unspecified atom stereocenters. The van der Waals surface area contributed by atoms with Crippen LogP contribution < -0.4 is 4.74 Å². The van der Waals surface area contributed by atoms with Crippen LogP contribution in [-0.2, 0) is 14.8 Å². The van der Waals surface area contributed by atoms with E-state index in [1.807, 2.05) is 0 Å². The second-order valence-corrected chi connectivity index (χ2v) is 8.74. The van der Waals surface area contributed by atoms with Crippen LogP contribution in [-0.4, -0.2) is 39.6 Å². The van der Waals surface area contributed by atoms with Crippen LogP contribution in [0, 0.1) is 23.5 Å². The predicted octanol–water partition coefficient (Wildman–Crippen LogP) is 2.98. The maximum atomic E-state index is 13.9. The Bertz CT molecular complexity index is 966. The van der Waals surface area contributed by atoms with E-state index in [-0.39, 0.29) is 23.3 Å². The Kier molecular flexibility index (Phi) is 4.65. The van der Waals surface area contributed by atoms with Crippen LogP contribution in [0.4, 0.5) is 8.78 Å². The lowest BCUT2D eigenvalue weighted by Gasteiger charge is -2.34. The summed E-state index contributed by atoms with van der Waals surface area (Å²) < 4.78 is 66.4. The molecule has 0 aromatic heterocycles. The molecule has 0 saturated carbocycles. The van der Waals surface area contributed by atoms with Gasteiger partial charge in [-0.15, -0.1) is 0 Å². The predicted molar refractivity (Wildman–Crippen MR) is 93.8 cm³/mol. The normalized spacial score (nSPS) is 24.9. The van der Waals surface area contributed by atoms with Gasteiger partial charge in [-0.1, -0.05) is 6.07 Å². The molecule has 5 nitrogen and oxygen atoms in total. The highest BCUT2D eigenvalue weighted by molar-refractivity contribution is 7.89. The molecule has 2 aliphatic rings. The molecule has 2 aliphatic heterocycles. The van der Waals surface area contributed by atoms with Crippen molar-refractivity contribution in [3.8, 4) is 5.75 Å². The number of nitrogens with zero attached hydrogens (tertiary/aromatic N) is 1. The molecule has 2 heterocycles. The molecule has 3 atom stereocenters. The van der Waals surface area contributed by atoms with Crippen LogP contribution in [0.5, 0.6) is 5.75 Å². The second kappa shape index (κ2) is 6.85. The van der Waals surface area contributed by atoms with E-state index in [0.717, 1.165) is 6.07 Å². The summed E-state index contributed by atoms with van der Waals surface area (Å²) in [7, 11) is -2.43. The lowest BCUT2D eigenvalue weighted by molar-refractivity contribution is 0.101. The summed E-state index contributed by atoms with van der Waals surface area (Å²) in [5.74, 6) is -0.910. The summed E-state index contributed by atoms with van der Waals surface area (Å²) in [5, 5.41) is 0. The maximum Gasteiger partial charge on any atom is 0.243 e. The zero-order valence-electron chi connectivity index (χ0n) is 14.6. The maximum absolute atomic E-state index is 13.9. The molecule has 2 aromatic rings. The van der Waals surface area contributed by atoms with Gasteiger partial charge >= 0.3 is 0 Å². The van der Waals surface area contributed by atoms with E-state index < -0.39 is 27.7 Å². The van der Waals surface area contributed by atoms with Crippen molar-refractivity contribution in [3.05, 3.63) is 59.7 Å². The van der Waals surface area contributed by atoms with E-state index in [9.17, 15) is 17.2 Å². The number of sulfonamides is 1. The summed E-state index contributed by atoms with van der Waals surface area (Å²) in [6.07, 6.45) is 0. The highest BCUT2D eigenvalue weighted by Gasteiger charge is 2.51. The quantitative estimate of drug-likeness (QED) is 0.799. The Morgan fingerprint density at radius 2 is 1.96 bits per heavy atom. The number of ether oxygens (including phenoxy) is 2. The molecule has 0 amide bonds. The van der Waals surface area contributed by atoms with Gasteiger partial charge in [-0.3, -0.25) is 0 Å². The molecule has 144 valence electrons. The fourth-order valence-electron chi connectivity index (χ4n) is 4.03. The van der Waals surface area contributed by atoms with Crippen LogP contribution in [0.25, 0.3) is 0 Å². The highest BCUT2D eigenvalue weighted by atomic mass is 32.2. The highest BCUT2D eigenvalue weighted by Crippen LogP contribution is 2.49. The first kappa shape index (κ1) is 18.3. The fraction of sp³-hybridized carbons (Fsp3) is 0.368. The van der Waals surface area contributed by atoms with Crippen LogP contribution in [0.1, 0.15) is 11.6 Å². The Morgan fingerprint density at radius 3 is 2.70 bits per heavy atom. The molecule has 0 bridgehead atoms. The molecule has 2 aromatic carbocycles. The molecular weight excluding hydrogens is 376 g/mol. The van der Waals surface area contributed by atoms with Crippen molar-refractivity contribution in [2.24, 2.45) is 11.8 Å². The Hall–Kier alpha value is -2.03. The smallest absolute Gasteiger partial charge is 0.243 e. The molecule has 0 aliphatic carbocycles. The third-order valence-electron chi connectivity index (χ3n) is 5.24. The third kappa shape index (κ3) is 3.11. The number of methoxy groups -OCH3 is 1. The third-order valence-corrected chi connectivity index (χ3v) is 7.08. The second-order valence-electron chi connectivity index (χ2n) is 6.85. The minimum atomic E-state index is -3.98. The molecular formula is C19H19F2NO4S. The number of fused-ring (bicyclic) bond motifs is 3. The van der Waals surface area contributed by atoms with Crippen molar-refractivity contribution < 1.29 is 26.7 Å². The first-order valence-electron chi connectivity index (χ1n) is 8.60. The van der Waals surface area contributed by atoms with Gasteiger partial charge in [0.25, 0.3) is 0 Å². The Labute approximate surface area is 156 Å². The fourth-order valence-corrected chi connectivity index (χ4v) is 5.77. The van der Waals surface area contributed by atoms with Gasteiger partial charge in [0.05, 0.1) is 24.2 Å². The monoisotopic (exact) mass is 395 g/mol. The summed E-state index contributed by atoms with van der Waals surface area (Å²) in [6, 6.07) is 8.44. The van der Waals surface area contributed by atoms with Crippen molar-refractivity contribution in [1.29, 1.82) is 0 Å². The Balaban J connectivity index is 1.82. The van der Waals surface area contributed by atoms with Crippen molar-refractivity contribution in [2.75, 3.05) is 26.9 Å². The Morgan fingerprint density at radius 1 is 1.19 bits per heavy atom. The summed E-state index contributed by atoms with van der Waals surface area (Å²) in [4.78, 5) is -0.122. The molecule has 0 radical (unpaired) electrons. The average molecular weight is 395 g/mol. The van der Waals surface area contributed by atoms with E-state index in [1.165, 1.54) is 40.7 Å². The van der Waals surface area contributed by atoms with E-state index in [1.54, 1.807) is 7.11 Å². The first-order valence-corrected chi connectivity index (χ1v) is 10.0. The SMILES string of the molecule is COC[C@@H]1CN(S(=O)(=O)c2cccc(F)c2)[C@H]2c3cc(F)ccc3OC[C@@H]12. The number of benzene rings is 2. The van der Waals surface area contributed by atoms with Gasteiger partial charge in [-0.2, -0.15) is 4.31 Å². The van der Waals surface area contributed by atoms with Crippen LogP contribution in [0.2, 0.25) is 0 Å². The van der Waals surface area contributed by atoms with Crippen molar-refractivity contribution in [1.82, 2.24) is 4.31 Å². The largest absolute Gasteiger partial charge is 0.493 e. The van der Waals surface area contributed by atoms with Gasteiger partial charge in [0.15, 0.2) is 0 Å². The topological polar surface area (TPSA) is 55.8 Å². The summed E-state index contributed by atoms with van der Waals surface area (Å²) in [6.45, 7) is 0.859. The number of halogens is 2. The summed E-state index contributed by atoms with van der Waals surface area (Å²) in [5.41, 5.74) is 0.491. The van der Waals surface area contributed by atoms with Gasteiger partial charge in [0.1, 0.15) is 17.4 Å². The van der Waals surface area contributed by atoms with Crippen LogP contribution in [0.3, 0.4) is 0 Å². The molecule has 8 heteroatoms. The number of hydrogen-bond acceptors (Lipinski definition) is 4. The zero-order chi connectivity index (χ0) is 19.2. The number of hydrogen-bond donors (Lipinski definition) is 0. The standard InChI is InChI=1S/C19H19F2NO4S/c1-25-10-12-9-22(27(23,24)15-4-2-3-13(20)7-15)19-16-8-14(21)5-6-18(16)26-11-17(12)19/h2-8,12,17,19H,9-11H2,1H3/t12-,17-,19-/m0/s1. The van der Waals surface area contributed by atoms with Crippen LogP contribution in [0.15, 0.2) is 47.4 Å². The average Bonchev–Trinajstić information content (AvgIpc) is 3.02. The lowest BCUT2D eigenvalue weighted by atomic mass is 9.86. The molecule has 0 N–H and O–H groups in total. The van der Waals surface area contributed by atoms with Gasteiger partial charge < -0.3 is 9.47 Å². The first-order chi connectivity index (χ1) is 12.9. The molecule has 27 heavy (non-hydrogen) atoms. The summed E-state index contributed by atoms with van der Waals surface area (Å²) >= 11 is 0. The van der Waals surface area contributed by atoms with E-state index >= 15 is 0 Å².